The maximum Gasteiger partial charge on any atom is 0.303 e. The number of aliphatic carboxylic acids is 1. The van der Waals surface area contributed by atoms with E-state index in [0.29, 0.717) is 12.2 Å². The van der Waals surface area contributed by atoms with E-state index in [-0.39, 0.29) is 0 Å². The van der Waals surface area contributed by atoms with Crippen molar-refractivity contribution >= 4 is 11.8 Å². The SMILES string of the molecule is CCCCCCC(CCCCCCCCCCC(C)=O)C(CCCCCC)CCCCCCCCCCC(=O)O. The zero-order chi connectivity index (χ0) is 29.5. The smallest absolute Gasteiger partial charge is 0.303 e. The highest BCUT2D eigenvalue weighted by atomic mass is 16.4. The van der Waals surface area contributed by atoms with E-state index in [1.807, 2.05) is 0 Å². The Labute approximate surface area is 251 Å². The summed E-state index contributed by atoms with van der Waals surface area (Å²) in [6, 6.07) is 0. The molecule has 238 valence electrons. The van der Waals surface area contributed by atoms with E-state index in [1.165, 1.54) is 161 Å². The molecule has 0 aromatic carbocycles. The second kappa shape index (κ2) is 31.1. The van der Waals surface area contributed by atoms with Crippen molar-refractivity contribution in [1.82, 2.24) is 0 Å². The van der Waals surface area contributed by atoms with Gasteiger partial charge >= 0.3 is 5.97 Å². The van der Waals surface area contributed by atoms with Crippen molar-refractivity contribution in [3.8, 4) is 0 Å². The van der Waals surface area contributed by atoms with Crippen molar-refractivity contribution in [2.45, 2.75) is 213 Å². The Morgan fingerprint density at radius 2 is 0.700 bits per heavy atom. The number of ketones is 1. The van der Waals surface area contributed by atoms with Crippen molar-refractivity contribution in [1.29, 1.82) is 0 Å². The molecule has 0 heterocycles. The predicted octanol–water partition coefficient (Wildman–Crippen LogP) is 12.6. The molecule has 2 atom stereocenters. The summed E-state index contributed by atoms with van der Waals surface area (Å²) in [5, 5.41) is 8.77. The zero-order valence-electron chi connectivity index (χ0n) is 27.6. The third kappa shape index (κ3) is 28.7. The minimum absolute atomic E-state index is 0.336. The number of unbranched alkanes of at least 4 members (excludes halogenated alkanes) is 20. The van der Waals surface area contributed by atoms with Crippen molar-refractivity contribution in [2.75, 3.05) is 0 Å². The molecule has 0 saturated carbocycles. The molecule has 0 aliphatic heterocycles. The lowest BCUT2D eigenvalue weighted by molar-refractivity contribution is -0.137. The molecule has 3 nitrogen and oxygen atoms in total. The first-order valence-electron chi connectivity index (χ1n) is 18.2. The van der Waals surface area contributed by atoms with Crippen LogP contribution in [0.5, 0.6) is 0 Å². The van der Waals surface area contributed by atoms with Gasteiger partial charge < -0.3 is 9.90 Å². The Morgan fingerprint density at radius 1 is 0.425 bits per heavy atom. The van der Waals surface area contributed by atoms with Gasteiger partial charge in [0.05, 0.1) is 0 Å². The molecule has 0 rings (SSSR count). The van der Waals surface area contributed by atoms with Crippen LogP contribution in [-0.2, 0) is 9.59 Å². The largest absolute Gasteiger partial charge is 0.481 e. The summed E-state index contributed by atoms with van der Waals surface area (Å²) in [5.41, 5.74) is 0. The average Bonchev–Trinajstić information content (AvgIpc) is 2.92. The van der Waals surface area contributed by atoms with Crippen LogP contribution in [0.1, 0.15) is 213 Å². The summed E-state index contributed by atoms with van der Waals surface area (Å²) in [6.07, 6.45) is 38.6. The van der Waals surface area contributed by atoms with E-state index in [4.69, 9.17) is 5.11 Å². The predicted molar refractivity (Wildman–Crippen MR) is 175 cm³/mol. The van der Waals surface area contributed by atoms with Crippen molar-refractivity contribution in [2.24, 2.45) is 11.8 Å². The summed E-state index contributed by atoms with van der Waals surface area (Å²) >= 11 is 0. The Morgan fingerprint density at radius 3 is 1.00 bits per heavy atom. The lowest BCUT2D eigenvalue weighted by Gasteiger charge is -2.28. The minimum Gasteiger partial charge on any atom is -0.481 e. The summed E-state index contributed by atoms with van der Waals surface area (Å²) in [7, 11) is 0. The fourth-order valence-corrected chi connectivity index (χ4v) is 6.48. The standard InChI is InChI=1S/C37H72O3/c1-4-6-8-23-29-35(31-25-19-15-11-10-14-18-22-28-34(3)38)36(30-24-9-7-5-2)32-26-20-16-12-13-17-21-27-33-37(39)40/h35-36H,4-33H2,1-3H3,(H,39,40). The minimum atomic E-state index is -0.651. The molecule has 0 saturated heterocycles. The first-order valence-corrected chi connectivity index (χ1v) is 18.2. The molecule has 0 aliphatic carbocycles. The van der Waals surface area contributed by atoms with E-state index in [2.05, 4.69) is 13.8 Å². The van der Waals surface area contributed by atoms with Gasteiger partial charge in [0, 0.05) is 12.8 Å². The van der Waals surface area contributed by atoms with Crippen molar-refractivity contribution in [3.63, 3.8) is 0 Å². The van der Waals surface area contributed by atoms with Gasteiger partial charge in [-0.25, -0.2) is 0 Å². The van der Waals surface area contributed by atoms with Gasteiger partial charge in [-0.05, 0) is 31.6 Å². The summed E-state index contributed by atoms with van der Waals surface area (Å²) in [5.74, 6) is 1.58. The third-order valence-electron chi connectivity index (χ3n) is 9.09. The van der Waals surface area contributed by atoms with Gasteiger partial charge in [-0.1, -0.05) is 181 Å². The van der Waals surface area contributed by atoms with Crippen LogP contribution in [-0.4, -0.2) is 16.9 Å². The van der Waals surface area contributed by atoms with E-state index >= 15 is 0 Å². The second-order valence-corrected chi connectivity index (χ2v) is 13.0. The van der Waals surface area contributed by atoms with Crippen LogP contribution < -0.4 is 0 Å². The fourth-order valence-electron chi connectivity index (χ4n) is 6.48. The van der Waals surface area contributed by atoms with Gasteiger partial charge in [0.15, 0.2) is 0 Å². The Balaban J connectivity index is 4.45. The van der Waals surface area contributed by atoms with Gasteiger partial charge in [-0.15, -0.1) is 0 Å². The molecule has 1 N–H and O–H groups in total. The molecule has 0 aromatic heterocycles. The first kappa shape index (κ1) is 39.1. The molecule has 3 heteroatoms. The lowest BCUT2D eigenvalue weighted by Crippen LogP contribution is -2.16. The van der Waals surface area contributed by atoms with Gasteiger partial charge in [0.2, 0.25) is 0 Å². The monoisotopic (exact) mass is 565 g/mol. The molecular weight excluding hydrogens is 492 g/mol. The zero-order valence-corrected chi connectivity index (χ0v) is 27.6. The summed E-state index contributed by atoms with van der Waals surface area (Å²) in [4.78, 5) is 21.7. The molecule has 0 spiro atoms. The maximum atomic E-state index is 11.1. The molecule has 0 aliphatic rings. The highest BCUT2D eigenvalue weighted by Crippen LogP contribution is 2.33. The molecule has 0 fully saturated rings. The maximum absolute atomic E-state index is 11.1. The number of Topliss-reactive ketones (excluding diaryl/α,β-unsaturated/α-hetero) is 1. The number of carbonyl (C=O) groups is 2. The van der Waals surface area contributed by atoms with Gasteiger partial charge in [-0.2, -0.15) is 0 Å². The molecular formula is C37H72O3. The highest BCUT2D eigenvalue weighted by molar-refractivity contribution is 5.75. The van der Waals surface area contributed by atoms with Crippen LogP contribution in [0.4, 0.5) is 0 Å². The normalized spacial score (nSPS) is 13.0. The summed E-state index contributed by atoms with van der Waals surface area (Å²) < 4.78 is 0. The third-order valence-corrected chi connectivity index (χ3v) is 9.09. The topological polar surface area (TPSA) is 54.4 Å². The van der Waals surface area contributed by atoms with Gasteiger partial charge in [-0.3, -0.25) is 4.79 Å². The van der Waals surface area contributed by atoms with E-state index in [1.54, 1.807) is 6.92 Å². The molecule has 0 amide bonds. The number of rotatable bonds is 33. The first-order chi connectivity index (χ1) is 19.5. The van der Waals surface area contributed by atoms with Gasteiger partial charge in [0.1, 0.15) is 5.78 Å². The Hall–Kier alpha value is -0.860. The van der Waals surface area contributed by atoms with E-state index in [9.17, 15) is 9.59 Å². The Kier molecular flexibility index (Phi) is 30.4. The molecule has 0 aromatic rings. The molecule has 40 heavy (non-hydrogen) atoms. The number of carbonyl (C=O) groups excluding carboxylic acids is 1. The van der Waals surface area contributed by atoms with Crippen LogP contribution in [0.15, 0.2) is 0 Å². The second-order valence-electron chi connectivity index (χ2n) is 13.0. The highest BCUT2D eigenvalue weighted by Gasteiger charge is 2.20. The van der Waals surface area contributed by atoms with Crippen LogP contribution in [0.3, 0.4) is 0 Å². The number of carboxylic acid groups (broad SMARTS) is 1. The Bertz CT molecular complexity index is 496. The quantitative estimate of drug-likeness (QED) is 0.0806. The molecule has 0 bridgehead atoms. The number of hydrogen-bond donors (Lipinski definition) is 1. The van der Waals surface area contributed by atoms with Crippen LogP contribution in [0.25, 0.3) is 0 Å². The van der Waals surface area contributed by atoms with Crippen molar-refractivity contribution < 1.29 is 14.7 Å². The van der Waals surface area contributed by atoms with Crippen LogP contribution in [0.2, 0.25) is 0 Å². The van der Waals surface area contributed by atoms with Crippen LogP contribution >= 0.6 is 0 Å². The number of hydrogen-bond acceptors (Lipinski definition) is 2. The molecule has 2 unspecified atom stereocenters. The van der Waals surface area contributed by atoms with E-state index < -0.39 is 5.97 Å². The fraction of sp³-hybridized carbons (Fsp3) is 0.946. The van der Waals surface area contributed by atoms with Gasteiger partial charge in [0.25, 0.3) is 0 Å². The summed E-state index contributed by atoms with van der Waals surface area (Å²) in [6.45, 7) is 6.37. The number of carboxylic acids is 1. The van der Waals surface area contributed by atoms with Crippen molar-refractivity contribution in [3.05, 3.63) is 0 Å². The van der Waals surface area contributed by atoms with Crippen LogP contribution in [0, 0.1) is 11.8 Å². The average molecular weight is 565 g/mol. The molecule has 0 radical (unpaired) electrons. The van der Waals surface area contributed by atoms with E-state index in [0.717, 1.165) is 37.5 Å². The lowest BCUT2D eigenvalue weighted by atomic mass is 9.78.